The molecule has 2 rings (SSSR count). The van der Waals surface area contributed by atoms with Crippen molar-refractivity contribution in [3.05, 3.63) is 77.4 Å². The van der Waals surface area contributed by atoms with Gasteiger partial charge in [0.25, 0.3) is 0 Å². The molecule has 1 N–H and O–H groups in total. The van der Waals surface area contributed by atoms with Gasteiger partial charge >= 0.3 is 23.9 Å². The molecule has 11 heteroatoms. The van der Waals surface area contributed by atoms with Crippen LogP contribution in [0.3, 0.4) is 0 Å². The van der Waals surface area contributed by atoms with Gasteiger partial charge in [0.15, 0.2) is 9.84 Å². The van der Waals surface area contributed by atoms with Gasteiger partial charge in [-0.05, 0) is 64.0 Å². The first-order valence-corrected chi connectivity index (χ1v) is 15.3. The lowest BCUT2D eigenvalue weighted by Crippen LogP contribution is -2.16. The van der Waals surface area contributed by atoms with Crippen LogP contribution >= 0.6 is 0 Å². The van der Waals surface area contributed by atoms with Gasteiger partial charge in [0.2, 0.25) is 0 Å². The second kappa shape index (κ2) is 16.6. The third kappa shape index (κ3) is 12.0. The van der Waals surface area contributed by atoms with Crippen molar-refractivity contribution in [3.63, 3.8) is 0 Å². The lowest BCUT2D eigenvalue weighted by molar-refractivity contribution is -0.154. The summed E-state index contributed by atoms with van der Waals surface area (Å²) in [6.07, 6.45) is 4.45. The number of hydrogen-bond acceptors (Lipinski definition) is 9. The van der Waals surface area contributed by atoms with Crippen molar-refractivity contribution in [1.82, 2.24) is 0 Å². The first-order valence-electron chi connectivity index (χ1n) is 13.7. The van der Waals surface area contributed by atoms with Crippen molar-refractivity contribution in [3.8, 4) is 0 Å². The zero-order valence-corrected chi connectivity index (χ0v) is 24.9. The molecule has 1 aliphatic rings. The number of carbonyl (C=O) groups excluding carboxylic acids is 3. The molecule has 1 atom stereocenters. The molecule has 1 heterocycles. The van der Waals surface area contributed by atoms with E-state index < -0.39 is 39.5 Å². The molecule has 0 radical (unpaired) electrons. The zero-order chi connectivity index (χ0) is 31.3. The van der Waals surface area contributed by atoms with Crippen LogP contribution in [-0.2, 0) is 43.2 Å². The van der Waals surface area contributed by atoms with Gasteiger partial charge in [0, 0.05) is 22.3 Å². The van der Waals surface area contributed by atoms with Crippen LogP contribution in [0, 0.1) is 6.92 Å². The van der Waals surface area contributed by atoms with Crippen LogP contribution in [0.25, 0.3) is 0 Å². The summed E-state index contributed by atoms with van der Waals surface area (Å²) in [6, 6.07) is 6.22. The number of rotatable bonds is 18. The summed E-state index contributed by atoms with van der Waals surface area (Å²) < 4.78 is 40.6. The maximum Gasteiger partial charge on any atom is 0.341 e. The first-order chi connectivity index (χ1) is 19.8. The Kier molecular flexibility index (Phi) is 13.6. The molecule has 228 valence electrons. The van der Waals surface area contributed by atoms with Crippen LogP contribution in [0.2, 0.25) is 0 Å². The number of sulfone groups is 1. The zero-order valence-electron chi connectivity index (χ0n) is 24.1. The highest BCUT2D eigenvalue weighted by molar-refractivity contribution is 7.91. The molecular formula is C31H38O10S. The number of hydrogen-bond donors (Lipinski definition) is 1. The Balaban J connectivity index is 2.06. The van der Waals surface area contributed by atoms with Crippen molar-refractivity contribution >= 4 is 33.7 Å². The van der Waals surface area contributed by atoms with Gasteiger partial charge in [-0.3, -0.25) is 0 Å². The van der Waals surface area contributed by atoms with Gasteiger partial charge in [-0.15, -0.1) is 0 Å². The van der Waals surface area contributed by atoms with Gasteiger partial charge in [-0.25, -0.2) is 27.6 Å². The summed E-state index contributed by atoms with van der Waals surface area (Å²) in [5.41, 5.74) is 1.07. The van der Waals surface area contributed by atoms with Crippen molar-refractivity contribution < 1.29 is 46.9 Å². The Morgan fingerprint density at radius 3 is 2.19 bits per heavy atom. The van der Waals surface area contributed by atoms with E-state index in [0.29, 0.717) is 37.9 Å². The third-order valence-corrected chi connectivity index (χ3v) is 8.21. The first kappa shape index (κ1) is 34.4. The fourth-order valence-electron chi connectivity index (χ4n) is 3.55. The van der Waals surface area contributed by atoms with Crippen molar-refractivity contribution in [2.75, 3.05) is 19.0 Å². The molecule has 0 spiro atoms. The summed E-state index contributed by atoms with van der Waals surface area (Å²) >= 11 is 0. The molecular weight excluding hydrogens is 564 g/mol. The average molecular weight is 603 g/mol. The number of carbonyl (C=O) groups is 4. The van der Waals surface area contributed by atoms with E-state index in [1.165, 1.54) is 18.2 Å². The highest BCUT2D eigenvalue weighted by Crippen LogP contribution is 2.20. The minimum Gasteiger partial charge on any atom is -0.478 e. The smallest absolute Gasteiger partial charge is 0.341 e. The predicted octanol–water partition coefficient (Wildman–Crippen LogP) is 4.58. The van der Waals surface area contributed by atoms with Crippen molar-refractivity contribution in [2.24, 2.45) is 0 Å². The van der Waals surface area contributed by atoms with E-state index in [0.717, 1.165) is 11.6 Å². The number of carboxylic acid groups (broad SMARTS) is 1. The second-order valence-electron chi connectivity index (χ2n) is 9.90. The summed E-state index contributed by atoms with van der Waals surface area (Å²) in [5.74, 6) is -4.20. The molecule has 42 heavy (non-hydrogen) atoms. The van der Waals surface area contributed by atoms with Gasteiger partial charge in [-0.2, -0.15) is 0 Å². The molecule has 0 aliphatic carbocycles. The number of esters is 3. The summed E-state index contributed by atoms with van der Waals surface area (Å²) in [6.45, 7) is 11.5. The monoisotopic (exact) mass is 602 g/mol. The molecule has 1 fully saturated rings. The molecule has 10 nitrogen and oxygen atoms in total. The SMILES string of the molecule is C=C(CCC1CO1)C(=O)OCCCCC(=CC=C(CCS(=O)(=O)c1ccc(C)cc1)C(=O)O)C(=O)OC(=O)C(=C)CC. The van der Waals surface area contributed by atoms with E-state index in [-0.39, 0.29) is 53.6 Å². The number of aryl methyl sites for hydroxylation is 1. The number of carboxylic acids is 1. The standard InChI is InChI=1S/C31H38O10S/c1-5-22(3)30(35)41-31(36)25(8-6-7-18-39-29(34)23(4)11-14-26-20-40-26)13-12-24(28(32)33)17-19-42(37,38)27-15-9-21(2)10-16-27/h9-10,12-13,15-16,26H,3-8,11,14,17-20H2,1-2H3,(H,32,33). The molecule has 0 amide bonds. The molecule has 0 bridgehead atoms. The molecule has 1 aromatic rings. The lowest BCUT2D eigenvalue weighted by atomic mass is 10.1. The number of aliphatic carboxylic acids is 1. The van der Waals surface area contributed by atoms with E-state index in [2.05, 4.69) is 13.2 Å². The largest absolute Gasteiger partial charge is 0.478 e. The molecule has 0 saturated carbocycles. The van der Waals surface area contributed by atoms with E-state index >= 15 is 0 Å². The third-order valence-electron chi connectivity index (χ3n) is 6.48. The lowest BCUT2D eigenvalue weighted by Gasteiger charge is -2.09. The number of ether oxygens (including phenoxy) is 3. The Bertz CT molecular complexity index is 1350. The molecule has 1 aliphatic heterocycles. The van der Waals surface area contributed by atoms with Crippen LogP contribution < -0.4 is 0 Å². The number of benzene rings is 1. The minimum absolute atomic E-state index is 0.00688. The molecule has 1 aromatic carbocycles. The Morgan fingerprint density at radius 1 is 0.952 bits per heavy atom. The summed E-state index contributed by atoms with van der Waals surface area (Å²) in [7, 11) is -3.75. The Hall–Kier alpha value is -3.83. The normalized spacial score (nSPS) is 15.0. The average Bonchev–Trinajstić information content (AvgIpc) is 3.78. The van der Waals surface area contributed by atoms with Crippen molar-refractivity contribution in [1.29, 1.82) is 0 Å². The number of epoxide rings is 1. The fraction of sp³-hybridized carbons (Fsp3) is 0.419. The molecule has 0 aromatic heterocycles. The van der Waals surface area contributed by atoms with Gasteiger partial charge < -0.3 is 19.3 Å². The van der Waals surface area contributed by atoms with Gasteiger partial charge in [0.1, 0.15) is 0 Å². The van der Waals surface area contributed by atoms with E-state index in [1.54, 1.807) is 19.1 Å². The maximum atomic E-state index is 12.7. The highest BCUT2D eigenvalue weighted by Gasteiger charge is 2.23. The quantitative estimate of drug-likeness (QED) is 0.0631. The predicted molar refractivity (Wildman–Crippen MR) is 155 cm³/mol. The Morgan fingerprint density at radius 2 is 1.60 bits per heavy atom. The summed E-state index contributed by atoms with van der Waals surface area (Å²) in [4.78, 5) is 48.9. The van der Waals surface area contributed by atoms with Gasteiger partial charge in [-0.1, -0.05) is 49.9 Å². The molecule has 1 saturated heterocycles. The minimum atomic E-state index is -3.75. The van der Waals surface area contributed by atoms with E-state index in [9.17, 15) is 32.7 Å². The van der Waals surface area contributed by atoms with Crippen LogP contribution in [0.4, 0.5) is 0 Å². The Labute approximate surface area is 246 Å². The number of unbranched alkanes of at least 4 members (excludes halogenated alkanes) is 1. The van der Waals surface area contributed by atoms with E-state index in [4.69, 9.17) is 14.2 Å². The second-order valence-corrected chi connectivity index (χ2v) is 12.0. The fourth-order valence-corrected chi connectivity index (χ4v) is 4.82. The topological polar surface area (TPSA) is 154 Å². The van der Waals surface area contributed by atoms with Crippen LogP contribution in [-0.4, -0.2) is 62.5 Å². The van der Waals surface area contributed by atoms with E-state index in [1.807, 2.05) is 6.92 Å². The highest BCUT2D eigenvalue weighted by atomic mass is 32.2. The van der Waals surface area contributed by atoms with Gasteiger partial charge in [0.05, 0.1) is 30.0 Å². The molecule has 1 unspecified atom stereocenters. The maximum absolute atomic E-state index is 12.7. The van der Waals surface area contributed by atoms with Crippen LogP contribution in [0.5, 0.6) is 0 Å². The summed E-state index contributed by atoms with van der Waals surface area (Å²) in [5, 5.41) is 9.66. The van der Waals surface area contributed by atoms with Crippen LogP contribution in [0.1, 0.15) is 57.4 Å². The number of allylic oxidation sites excluding steroid dienone is 2. The van der Waals surface area contributed by atoms with Crippen molar-refractivity contribution in [2.45, 2.75) is 69.8 Å². The van der Waals surface area contributed by atoms with Crippen LogP contribution in [0.15, 0.2) is 76.8 Å².